The maximum atomic E-state index is 4.11. The predicted molar refractivity (Wildman–Crippen MR) is 334 cm³/mol. The molecule has 4 heteroatoms. The molecule has 0 aromatic heterocycles. The molecule has 0 atom stereocenters. The van der Waals surface area contributed by atoms with Crippen LogP contribution in [0, 0.1) is 13.8 Å². The van der Waals surface area contributed by atoms with Gasteiger partial charge in [-0.3, -0.25) is 0 Å². The zero-order chi connectivity index (χ0) is 53.2. The van der Waals surface area contributed by atoms with Gasteiger partial charge in [-0.25, -0.2) is 0 Å². The van der Waals surface area contributed by atoms with Crippen molar-refractivity contribution < 1.29 is 0 Å². The Kier molecular flexibility index (Phi) is 15.0. The molecular formula is C74H62N4. The lowest BCUT2D eigenvalue weighted by Crippen LogP contribution is -2.16. The number of hydrogen-bond donors (Lipinski definition) is 0. The summed E-state index contributed by atoms with van der Waals surface area (Å²) in [6, 6.07) is 91.8. The standard InChI is InChI=1S/C74H62N4/c1-5-16-63(6-2)75(67-39-23-55(3)24-40-67)69-43-27-57(28-44-69)58-31-47-71(48-32-58)77(65-19-12-8-13-20-65)73-51-35-61(36-52-73)62-37-53-74(54-38-62)78(66-21-14-9-15-22-66)72-49-33-60(34-50-72)59-29-45-70(46-30-59)76(64-17-10-7-11-18-64)68-41-25-56(4)26-42-68/h5-7,9-12,14-54H,1-2,8,13H2,3-4H3/b63-16+. The van der Waals surface area contributed by atoms with Gasteiger partial charge < -0.3 is 19.6 Å². The van der Waals surface area contributed by atoms with Gasteiger partial charge >= 0.3 is 0 Å². The molecule has 4 nitrogen and oxygen atoms in total. The number of hydrogen-bond acceptors (Lipinski definition) is 4. The summed E-state index contributed by atoms with van der Waals surface area (Å²) in [7, 11) is 0. The third-order valence-corrected chi connectivity index (χ3v) is 14.4. The maximum absolute atomic E-state index is 4.11. The van der Waals surface area contributed by atoms with Crippen molar-refractivity contribution in [2.45, 2.75) is 26.7 Å². The van der Waals surface area contributed by atoms with Crippen molar-refractivity contribution >= 4 is 56.9 Å². The minimum absolute atomic E-state index is 0.955. The highest BCUT2D eigenvalue weighted by Gasteiger charge is 2.19. The van der Waals surface area contributed by atoms with Crippen LogP contribution in [0.2, 0.25) is 0 Å². The molecule has 0 N–H and O–H groups in total. The Bertz CT molecular complexity index is 3710. The van der Waals surface area contributed by atoms with Crippen molar-refractivity contribution in [3.8, 4) is 33.4 Å². The summed E-state index contributed by atoms with van der Waals surface area (Å²) in [6.45, 7) is 12.3. The third-order valence-electron chi connectivity index (χ3n) is 14.4. The Morgan fingerprint density at radius 1 is 0.333 bits per heavy atom. The van der Waals surface area contributed by atoms with E-state index in [1.54, 1.807) is 6.08 Å². The summed E-state index contributed by atoms with van der Waals surface area (Å²) >= 11 is 0. The van der Waals surface area contributed by atoms with E-state index < -0.39 is 0 Å². The number of anilines is 10. The van der Waals surface area contributed by atoms with Crippen LogP contribution in [0.4, 0.5) is 56.9 Å². The van der Waals surface area contributed by atoms with Crippen LogP contribution in [0.15, 0.2) is 316 Å². The van der Waals surface area contributed by atoms with Gasteiger partial charge in [0.1, 0.15) is 0 Å². The predicted octanol–water partition coefficient (Wildman–Crippen LogP) is 21.0. The van der Waals surface area contributed by atoms with Crippen molar-refractivity contribution in [2.24, 2.45) is 0 Å². The second-order valence-electron chi connectivity index (χ2n) is 19.6. The van der Waals surface area contributed by atoms with Crippen LogP contribution in [0.3, 0.4) is 0 Å². The summed E-state index contributed by atoms with van der Waals surface area (Å²) in [4.78, 5) is 9.20. The molecule has 10 aromatic rings. The molecule has 1 aliphatic carbocycles. The van der Waals surface area contributed by atoms with E-state index in [0.717, 1.165) is 109 Å². The number of rotatable bonds is 17. The van der Waals surface area contributed by atoms with Gasteiger partial charge in [0.15, 0.2) is 0 Å². The first-order chi connectivity index (χ1) is 38.4. The van der Waals surface area contributed by atoms with Gasteiger partial charge in [0.05, 0.1) is 0 Å². The molecule has 11 rings (SSSR count). The molecule has 0 spiro atoms. The van der Waals surface area contributed by atoms with Crippen LogP contribution >= 0.6 is 0 Å². The number of aryl methyl sites for hydroxylation is 2. The molecule has 1 aliphatic rings. The smallest absolute Gasteiger partial charge is 0.0462 e. The Hall–Kier alpha value is -9.90. The largest absolute Gasteiger partial charge is 0.311 e. The Morgan fingerprint density at radius 3 is 0.936 bits per heavy atom. The Labute approximate surface area is 461 Å². The third kappa shape index (κ3) is 11.1. The number of allylic oxidation sites excluding steroid dienone is 6. The van der Waals surface area contributed by atoms with Gasteiger partial charge in [-0.15, -0.1) is 0 Å². The molecular weight excluding hydrogens is 945 g/mol. The van der Waals surface area contributed by atoms with Gasteiger partial charge in [0.2, 0.25) is 0 Å². The maximum Gasteiger partial charge on any atom is 0.0462 e. The zero-order valence-corrected chi connectivity index (χ0v) is 44.3. The van der Waals surface area contributed by atoms with Crippen molar-refractivity contribution in [1.82, 2.24) is 0 Å². The summed E-state index contributed by atoms with van der Waals surface area (Å²) in [5, 5.41) is 0. The first-order valence-corrected chi connectivity index (χ1v) is 26.8. The van der Waals surface area contributed by atoms with Gasteiger partial charge in [-0.1, -0.05) is 176 Å². The molecule has 0 saturated heterocycles. The average molecular weight is 1010 g/mol. The Morgan fingerprint density at radius 2 is 0.628 bits per heavy atom. The van der Waals surface area contributed by atoms with Crippen LogP contribution in [-0.4, -0.2) is 0 Å². The second-order valence-corrected chi connectivity index (χ2v) is 19.6. The van der Waals surface area contributed by atoms with Gasteiger partial charge in [0.25, 0.3) is 0 Å². The minimum atomic E-state index is 0.955. The molecule has 10 aromatic carbocycles. The van der Waals surface area contributed by atoms with Gasteiger partial charge in [-0.2, -0.15) is 0 Å². The summed E-state index contributed by atoms with van der Waals surface area (Å²) < 4.78 is 0. The van der Waals surface area contributed by atoms with Crippen molar-refractivity contribution in [2.75, 3.05) is 19.6 Å². The normalized spacial score (nSPS) is 12.1. The van der Waals surface area contributed by atoms with Crippen molar-refractivity contribution in [1.29, 1.82) is 0 Å². The topological polar surface area (TPSA) is 13.0 Å². The van der Waals surface area contributed by atoms with Crippen molar-refractivity contribution in [3.05, 3.63) is 327 Å². The quantitative estimate of drug-likeness (QED) is 0.0843. The van der Waals surface area contributed by atoms with Crippen LogP contribution in [0.25, 0.3) is 33.4 Å². The average Bonchev–Trinajstić information content (AvgIpc) is 3.56. The zero-order valence-electron chi connectivity index (χ0n) is 44.3. The fourth-order valence-electron chi connectivity index (χ4n) is 10.3. The van der Waals surface area contributed by atoms with Gasteiger partial charge in [-0.05, 0) is 200 Å². The SMILES string of the molecule is C=C/C=C(\C=C)N(c1ccc(C)cc1)c1ccc(-c2ccc(N(C3=CCCC=C3)c3ccc(-c4ccc(N(c5ccccc5)c5ccc(-c6ccc(N(c7ccccc7)c7ccc(C)cc7)cc6)cc5)cc4)cc3)cc2)cc1. The highest BCUT2D eigenvalue weighted by atomic mass is 15.2. The van der Waals surface area contributed by atoms with Crippen LogP contribution in [0.5, 0.6) is 0 Å². The van der Waals surface area contributed by atoms with E-state index in [-0.39, 0.29) is 0 Å². The number of benzene rings is 10. The minimum Gasteiger partial charge on any atom is -0.311 e. The summed E-state index contributed by atoms with van der Waals surface area (Å²) in [5.41, 5.74) is 22.5. The number of nitrogens with zero attached hydrogens (tertiary/aromatic N) is 4. The number of para-hydroxylation sites is 2. The molecule has 378 valence electrons. The van der Waals surface area contributed by atoms with Crippen LogP contribution < -0.4 is 19.6 Å². The summed E-state index contributed by atoms with van der Waals surface area (Å²) in [5.74, 6) is 0. The van der Waals surface area contributed by atoms with E-state index in [1.165, 1.54) is 16.8 Å². The fourth-order valence-corrected chi connectivity index (χ4v) is 10.3. The fraction of sp³-hybridized carbons (Fsp3) is 0.0541. The van der Waals surface area contributed by atoms with E-state index in [4.69, 9.17) is 0 Å². The molecule has 0 unspecified atom stereocenters. The van der Waals surface area contributed by atoms with Gasteiger partial charge in [0, 0.05) is 68.3 Å². The first kappa shape index (κ1) is 50.3. The lowest BCUT2D eigenvalue weighted by atomic mass is 10.0. The van der Waals surface area contributed by atoms with E-state index in [2.05, 4.69) is 320 Å². The summed E-state index contributed by atoms with van der Waals surface area (Å²) in [6.07, 6.45) is 14.6. The monoisotopic (exact) mass is 1010 g/mol. The lowest BCUT2D eigenvalue weighted by molar-refractivity contribution is 0.997. The van der Waals surface area contributed by atoms with E-state index in [1.807, 2.05) is 12.2 Å². The lowest BCUT2D eigenvalue weighted by Gasteiger charge is -2.28. The van der Waals surface area contributed by atoms with E-state index in [9.17, 15) is 0 Å². The molecule has 0 bridgehead atoms. The Balaban J connectivity index is 0.816. The second kappa shape index (κ2) is 23.3. The van der Waals surface area contributed by atoms with E-state index in [0.29, 0.717) is 0 Å². The highest BCUT2D eigenvalue weighted by molar-refractivity contribution is 5.83. The molecule has 0 radical (unpaired) electrons. The molecule has 0 amide bonds. The molecule has 0 fully saturated rings. The molecule has 0 heterocycles. The molecule has 0 aliphatic heterocycles. The highest BCUT2D eigenvalue weighted by Crippen LogP contribution is 2.41. The molecule has 78 heavy (non-hydrogen) atoms. The van der Waals surface area contributed by atoms with E-state index >= 15 is 0 Å². The van der Waals surface area contributed by atoms with Crippen LogP contribution in [0.1, 0.15) is 24.0 Å². The van der Waals surface area contributed by atoms with Crippen LogP contribution in [-0.2, 0) is 0 Å². The van der Waals surface area contributed by atoms with Crippen molar-refractivity contribution in [3.63, 3.8) is 0 Å². The first-order valence-electron chi connectivity index (χ1n) is 26.8. The molecule has 0 saturated carbocycles.